The fraction of sp³-hybridized carbons (Fsp3) is 0.562. The van der Waals surface area contributed by atoms with Gasteiger partial charge in [0.1, 0.15) is 0 Å². The number of anilines is 1. The van der Waals surface area contributed by atoms with Crippen LogP contribution in [-0.2, 0) is 10.0 Å². The van der Waals surface area contributed by atoms with Crippen LogP contribution in [0.15, 0.2) is 18.2 Å². The van der Waals surface area contributed by atoms with Gasteiger partial charge < -0.3 is 4.90 Å². The van der Waals surface area contributed by atoms with Crippen molar-refractivity contribution in [2.24, 2.45) is 0 Å². The van der Waals surface area contributed by atoms with Crippen molar-refractivity contribution in [1.29, 1.82) is 0 Å². The van der Waals surface area contributed by atoms with Crippen molar-refractivity contribution >= 4 is 33.2 Å². The highest BCUT2D eigenvalue weighted by Crippen LogP contribution is 2.29. The SMILES string of the molecule is O=C(c1cc(N2CCCCS2(=O)=O)ccc1Cl)N1CCCCC1. The van der Waals surface area contributed by atoms with E-state index in [1.165, 1.54) is 4.31 Å². The minimum Gasteiger partial charge on any atom is -0.339 e. The number of nitrogens with zero attached hydrogens (tertiary/aromatic N) is 2. The molecule has 23 heavy (non-hydrogen) atoms. The van der Waals surface area contributed by atoms with Crippen molar-refractivity contribution in [2.45, 2.75) is 32.1 Å². The summed E-state index contributed by atoms with van der Waals surface area (Å²) < 4.78 is 25.9. The molecule has 2 heterocycles. The van der Waals surface area contributed by atoms with Gasteiger partial charge in [-0.1, -0.05) is 11.6 Å². The van der Waals surface area contributed by atoms with Crippen molar-refractivity contribution in [1.82, 2.24) is 4.90 Å². The van der Waals surface area contributed by atoms with Crippen LogP contribution in [-0.4, -0.2) is 44.6 Å². The number of sulfonamides is 1. The predicted octanol–water partition coefficient (Wildman–Crippen LogP) is 2.90. The molecule has 0 aromatic heterocycles. The molecule has 0 atom stereocenters. The van der Waals surface area contributed by atoms with E-state index in [0.717, 1.165) is 38.8 Å². The number of carbonyl (C=O) groups excluding carboxylic acids is 1. The first-order valence-electron chi connectivity index (χ1n) is 8.08. The lowest BCUT2D eigenvalue weighted by molar-refractivity contribution is 0.0724. The monoisotopic (exact) mass is 356 g/mol. The van der Waals surface area contributed by atoms with E-state index in [0.29, 0.717) is 29.2 Å². The van der Waals surface area contributed by atoms with Crippen LogP contribution < -0.4 is 4.31 Å². The molecular formula is C16H21ClN2O3S. The van der Waals surface area contributed by atoms with Gasteiger partial charge in [-0.05, 0) is 50.3 Å². The van der Waals surface area contributed by atoms with E-state index in [1.807, 2.05) is 0 Å². The van der Waals surface area contributed by atoms with E-state index in [2.05, 4.69) is 0 Å². The molecule has 3 rings (SSSR count). The average molecular weight is 357 g/mol. The number of carbonyl (C=O) groups is 1. The lowest BCUT2D eigenvalue weighted by atomic mass is 10.1. The van der Waals surface area contributed by atoms with Crippen LogP contribution in [0.1, 0.15) is 42.5 Å². The molecule has 2 fully saturated rings. The minimum atomic E-state index is -3.29. The maximum atomic E-state index is 12.7. The van der Waals surface area contributed by atoms with Gasteiger partial charge in [0.2, 0.25) is 10.0 Å². The van der Waals surface area contributed by atoms with Crippen LogP contribution in [0.2, 0.25) is 5.02 Å². The smallest absolute Gasteiger partial charge is 0.255 e. The van der Waals surface area contributed by atoms with E-state index in [1.54, 1.807) is 23.1 Å². The number of amides is 1. The fourth-order valence-corrected chi connectivity index (χ4v) is 5.01. The second-order valence-electron chi connectivity index (χ2n) is 6.11. The summed E-state index contributed by atoms with van der Waals surface area (Å²) in [5.41, 5.74) is 0.932. The predicted molar refractivity (Wildman–Crippen MR) is 91.6 cm³/mol. The van der Waals surface area contributed by atoms with Crippen molar-refractivity contribution in [3.8, 4) is 0 Å². The molecule has 0 radical (unpaired) electrons. The van der Waals surface area contributed by atoms with E-state index < -0.39 is 10.0 Å². The topological polar surface area (TPSA) is 57.7 Å². The molecule has 1 aromatic rings. The summed E-state index contributed by atoms with van der Waals surface area (Å²) in [4.78, 5) is 14.5. The molecule has 5 nitrogen and oxygen atoms in total. The molecule has 0 bridgehead atoms. The van der Waals surface area contributed by atoms with Gasteiger partial charge in [-0.25, -0.2) is 8.42 Å². The van der Waals surface area contributed by atoms with Crippen molar-refractivity contribution in [3.05, 3.63) is 28.8 Å². The first kappa shape index (κ1) is 16.6. The summed E-state index contributed by atoms with van der Waals surface area (Å²) in [6.07, 6.45) is 4.67. The van der Waals surface area contributed by atoms with E-state index in [-0.39, 0.29) is 11.7 Å². The highest BCUT2D eigenvalue weighted by Gasteiger charge is 2.28. The molecule has 7 heteroatoms. The van der Waals surface area contributed by atoms with Crippen molar-refractivity contribution < 1.29 is 13.2 Å². The van der Waals surface area contributed by atoms with E-state index in [9.17, 15) is 13.2 Å². The number of rotatable bonds is 2. The molecule has 1 aromatic carbocycles. The normalized spacial score (nSPS) is 21.3. The third kappa shape index (κ3) is 3.48. The Morgan fingerprint density at radius 1 is 1.00 bits per heavy atom. The van der Waals surface area contributed by atoms with Gasteiger partial charge in [0.25, 0.3) is 5.91 Å². The number of hydrogen-bond acceptors (Lipinski definition) is 3. The Bertz CT molecular complexity index is 699. The van der Waals surface area contributed by atoms with Crippen LogP contribution in [0.5, 0.6) is 0 Å². The van der Waals surface area contributed by atoms with E-state index >= 15 is 0 Å². The molecule has 0 saturated carbocycles. The van der Waals surface area contributed by atoms with Crippen LogP contribution in [0, 0.1) is 0 Å². The van der Waals surface area contributed by atoms with Crippen molar-refractivity contribution in [3.63, 3.8) is 0 Å². The van der Waals surface area contributed by atoms with Gasteiger partial charge in [0.15, 0.2) is 0 Å². The average Bonchev–Trinajstić information content (AvgIpc) is 2.55. The van der Waals surface area contributed by atoms with Crippen LogP contribution in [0.4, 0.5) is 5.69 Å². The highest BCUT2D eigenvalue weighted by atomic mass is 35.5. The lowest BCUT2D eigenvalue weighted by Crippen LogP contribution is -2.38. The maximum absolute atomic E-state index is 12.7. The third-order valence-corrected chi connectivity index (χ3v) is 6.66. The molecule has 2 aliphatic rings. The molecule has 0 N–H and O–H groups in total. The van der Waals surface area contributed by atoms with Crippen molar-refractivity contribution in [2.75, 3.05) is 29.7 Å². The first-order valence-corrected chi connectivity index (χ1v) is 10.1. The summed E-state index contributed by atoms with van der Waals surface area (Å²) in [5.74, 6) is 0.0522. The second-order valence-corrected chi connectivity index (χ2v) is 8.53. The second kappa shape index (κ2) is 6.69. The van der Waals surface area contributed by atoms with Crippen LogP contribution in [0.25, 0.3) is 0 Å². The van der Waals surface area contributed by atoms with Gasteiger partial charge in [-0.3, -0.25) is 9.10 Å². The molecule has 1 amide bonds. The number of hydrogen-bond donors (Lipinski definition) is 0. The summed E-state index contributed by atoms with van der Waals surface area (Å²) >= 11 is 6.20. The summed E-state index contributed by atoms with van der Waals surface area (Å²) in [5, 5.41) is 0.374. The number of benzene rings is 1. The number of halogens is 1. The third-order valence-electron chi connectivity index (χ3n) is 4.46. The first-order chi connectivity index (χ1) is 11.0. The maximum Gasteiger partial charge on any atom is 0.255 e. The highest BCUT2D eigenvalue weighted by molar-refractivity contribution is 7.92. The minimum absolute atomic E-state index is 0.106. The zero-order valence-electron chi connectivity index (χ0n) is 13.0. The molecule has 2 saturated heterocycles. The number of likely N-dealkylation sites (tertiary alicyclic amines) is 1. The quantitative estimate of drug-likeness (QED) is 0.818. The van der Waals surface area contributed by atoms with Gasteiger partial charge in [0, 0.05) is 19.6 Å². The Hall–Kier alpha value is -1.27. The Labute approximate surface area is 142 Å². The van der Waals surface area contributed by atoms with E-state index in [4.69, 9.17) is 11.6 Å². The zero-order valence-corrected chi connectivity index (χ0v) is 14.6. The van der Waals surface area contributed by atoms with Gasteiger partial charge in [-0.15, -0.1) is 0 Å². The van der Waals surface area contributed by atoms with Gasteiger partial charge in [0.05, 0.1) is 22.0 Å². The molecule has 0 spiro atoms. The van der Waals surface area contributed by atoms with Crippen LogP contribution in [0.3, 0.4) is 0 Å². The molecule has 0 aliphatic carbocycles. The lowest BCUT2D eigenvalue weighted by Gasteiger charge is -2.30. The largest absolute Gasteiger partial charge is 0.339 e. The molecule has 2 aliphatic heterocycles. The fourth-order valence-electron chi connectivity index (χ4n) is 3.18. The Morgan fingerprint density at radius 3 is 2.39 bits per heavy atom. The Balaban J connectivity index is 1.91. The Kier molecular flexibility index (Phi) is 4.82. The summed E-state index contributed by atoms with van der Waals surface area (Å²) in [7, 11) is -3.29. The molecule has 126 valence electrons. The standard InChI is InChI=1S/C16H21ClN2O3S/c17-15-7-6-13(19-10-4-5-11-23(19,21)22)12-14(15)16(20)18-8-2-1-3-9-18/h6-7,12H,1-5,8-11H2. The summed E-state index contributed by atoms with van der Waals surface area (Å²) in [6.45, 7) is 1.93. The van der Waals surface area contributed by atoms with Gasteiger partial charge >= 0.3 is 0 Å². The summed E-state index contributed by atoms with van der Waals surface area (Å²) in [6, 6.07) is 4.93. The van der Waals surface area contributed by atoms with Crippen LogP contribution >= 0.6 is 11.6 Å². The number of piperidine rings is 1. The molecular weight excluding hydrogens is 336 g/mol. The molecule has 0 unspecified atom stereocenters. The Morgan fingerprint density at radius 2 is 1.70 bits per heavy atom. The zero-order chi connectivity index (χ0) is 16.4. The van der Waals surface area contributed by atoms with Gasteiger partial charge in [-0.2, -0.15) is 0 Å².